The van der Waals surface area contributed by atoms with Crippen LogP contribution in [-0.4, -0.2) is 17.5 Å². The lowest BCUT2D eigenvalue weighted by Crippen LogP contribution is -2.36. The fraction of sp³-hybridized carbons (Fsp3) is 0.222. The summed E-state index contributed by atoms with van der Waals surface area (Å²) in [6.45, 7) is 3.61. The number of nitrogens with one attached hydrogen (secondary N) is 2. The molecule has 0 aliphatic rings. The van der Waals surface area contributed by atoms with Crippen LogP contribution in [0.4, 0.5) is 4.39 Å². The third kappa shape index (κ3) is 5.80. The third-order valence-corrected chi connectivity index (χ3v) is 4.23. The van der Waals surface area contributed by atoms with E-state index in [1.165, 1.54) is 12.1 Å². The monoisotopic (exact) mass is 486 g/mol. The maximum Gasteiger partial charge on any atom is 0.236 e. The van der Waals surface area contributed by atoms with E-state index in [1.807, 2.05) is 30.5 Å². The Labute approximate surface area is 172 Å². The van der Waals surface area contributed by atoms with Crippen LogP contribution >= 0.6 is 35.3 Å². The number of aliphatic imine (C=N–C) groups is 1. The van der Waals surface area contributed by atoms with Crippen LogP contribution in [0.1, 0.15) is 18.2 Å². The summed E-state index contributed by atoms with van der Waals surface area (Å²) in [5, 5.41) is 8.35. The summed E-state index contributed by atoms with van der Waals surface area (Å²) < 4.78 is 18.7. The summed E-state index contributed by atoms with van der Waals surface area (Å²) in [5.41, 5.74) is 1.61. The highest BCUT2D eigenvalue weighted by molar-refractivity contribution is 14.0. The molecule has 0 radical (unpaired) electrons. The van der Waals surface area contributed by atoms with Gasteiger partial charge >= 0.3 is 0 Å². The molecule has 2 N–H and O–H groups in total. The highest BCUT2D eigenvalue weighted by Crippen LogP contribution is 2.23. The van der Waals surface area contributed by atoms with Gasteiger partial charge in [0.1, 0.15) is 12.1 Å². The number of oxazole rings is 1. The first-order valence-corrected chi connectivity index (χ1v) is 8.87. The Kier molecular flexibility index (Phi) is 8.05. The van der Waals surface area contributed by atoms with Crippen LogP contribution in [0.3, 0.4) is 0 Å². The van der Waals surface area contributed by atoms with Crippen LogP contribution in [0, 0.1) is 5.82 Å². The van der Waals surface area contributed by atoms with Crippen LogP contribution in [-0.2, 0) is 13.1 Å². The summed E-state index contributed by atoms with van der Waals surface area (Å²) in [5.74, 6) is 1.01. The highest BCUT2D eigenvalue weighted by atomic mass is 127. The molecule has 5 nitrogen and oxygen atoms in total. The van der Waals surface area contributed by atoms with Gasteiger partial charge in [0.2, 0.25) is 5.89 Å². The quantitative estimate of drug-likeness (QED) is 0.308. The molecular weight excluding hydrogens is 466 g/mol. The fourth-order valence-electron chi connectivity index (χ4n) is 2.22. The molecule has 0 amide bonds. The summed E-state index contributed by atoms with van der Waals surface area (Å²) >= 11 is 1.59. The van der Waals surface area contributed by atoms with E-state index in [9.17, 15) is 4.39 Å². The highest BCUT2D eigenvalue weighted by Gasteiger charge is 2.08. The number of halogens is 2. The second kappa shape index (κ2) is 10.3. The third-order valence-electron chi connectivity index (χ3n) is 3.37. The van der Waals surface area contributed by atoms with Gasteiger partial charge in [-0.3, -0.25) is 0 Å². The molecule has 3 aromatic rings. The largest absolute Gasteiger partial charge is 0.443 e. The number of guanidine groups is 1. The number of nitrogens with zero attached hydrogens (tertiary/aromatic N) is 2. The minimum absolute atomic E-state index is 0. The molecule has 26 heavy (non-hydrogen) atoms. The van der Waals surface area contributed by atoms with Gasteiger partial charge in [-0.1, -0.05) is 18.2 Å². The van der Waals surface area contributed by atoms with E-state index >= 15 is 0 Å². The Balaban J connectivity index is 0.00000243. The van der Waals surface area contributed by atoms with E-state index in [0.29, 0.717) is 24.9 Å². The Morgan fingerprint density at radius 2 is 2.15 bits per heavy atom. The van der Waals surface area contributed by atoms with Crippen molar-refractivity contribution in [2.24, 2.45) is 4.99 Å². The topological polar surface area (TPSA) is 62.5 Å². The van der Waals surface area contributed by atoms with Crippen molar-refractivity contribution in [2.45, 2.75) is 20.0 Å². The maximum absolute atomic E-state index is 13.2. The second-order valence-corrected chi connectivity index (χ2v) is 6.25. The lowest BCUT2D eigenvalue weighted by atomic mass is 10.2. The molecule has 1 aromatic carbocycles. The molecule has 0 saturated heterocycles. The van der Waals surface area contributed by atoms with Crippen molar-refractivity contribution < 1.29 is 8.81 Å². The maximum atomic E-state index is 13.2. The summed E-state index contributed by atoms with van der Waals surface area (Å²) in [6, 6.07) is 10.4. The molecule has 0 atom stereocenters. The Hall–Kier alpha value is -1.94. The first-order chi connectivity index (χ1) is 12.2. The van der Waals surface area contributed by atoms with Crippen molar-refractivity contribution in [3.05, 3.63) is 65.1 Å². The Morgan fingerprint density at radius 1 is 1.27 bits per heavy atom. The lowest BCUT2D eigenvalue weighted by molar-refractivity contribution is 0.573. The zero-order chi connectivity index (χ0) is 17.5. The first-order valence-electron chi connectivity index (χ1n) is 7.99. The predicted octanol–water partition coefficient (Wildman–Crippen LogP) is 4.42. The van der Waals surface area contributed by atoms with Gasteiger partial charge in [0.05, 0.1) is 23.7 Å². The average Bonchev–Trinajstić information content (AvgIpc) is 3.28. The molecule has 2 heterocycles. The van der Waals surface area contributed by atoms with Gasteiger partial charge < -0.3 is 15.1 Å². The van der Waals surface area contributed by atoms with E-state index in [2.05, 4.69) is 20.6 Å². The van der Waals surface area contributed by atoms with Gasteiger partial charge in [0.15, 0.2) is 5.96 Å². The Bertz CT molecular complexity index is 835. The SMILES string of the molecule is CCNC(=NCc1cccc(F)c1)NCc1coc(-c2cccs2)n1.I. The molecule has 0 aliphatic carbocycles. The Morgan fingerprint density at radius 3 is 2.88 bits per heavy atom. The number of rotatable bonds is 6. The minimum Gasteiger partial charge on any atom is -0.443 e. The standard InChI is InChI=1S/C18H19FN4OS.HI/c1-2-20-18(21-10-13-5-3-6-14(19)9-13)22-11-15-12-24-17(23-15)16-7-4-8-25-16;/h3-9,12H,2,10-11H2,1H3,(H2,20,21,22);1H. The predicted molar refractivity (Wildman–Crippen MR) is 113 cm³/mol. The van der Waals surface area contributed by atoms with Crippen LogP contribution < -0.4 is 10.6 Å². The van der Waals surface area contributed by atoms with Gasteiger partial charge in [-0.15, -0.1) is 35.3 Å². The van der Waals surface area contributed by atoms with E-state index in [-0.39, 0.29) is 29.8 Å². The molecule has 2 aromatic heterocycles. The van der Waals surface area contributed by atoms with Crippen LogP contribution in [0.25, 0.3) is 10.8 Å². The fourth-order valence-corrected chi connectivity index (χ4v) is 2.88. The van der Waals surface area contributed by atoms with E-state index in [4.69, 9.17) is 4.42 Å². The summed E-state index contributed by atoms with van der Waals surface area (Å²) in [4.78, 5) is 9.93. The van der Waals surface area contributed by atoms with Crippen molar-refractivity contribution in [2.75, 3.05) is 6.54 Å². The van der Waals surface area contributed by atoms with Crippen molar-refractivity contribution in [1.29, 1.82) is 0 Å². The molecule has 0 saturated carbocycles. The van der Waals surface area contributed by atoms with Gasteiger partial charge in [0, 0.05) is 6.54 Å². The van der Waals surface area contributed by atoms with E-state index < -0.39 is 0 Å². The average molecular weight is 486 g/mol. The minimum atomic E-state index is -0.255. The number of thiophene rings is 1. The first kappa shape index (κ1) is 20.4. The van der Waals surface area contributed by atoms with Crippen LogP contribution in [0.15, 0.2) is 57.5 Å². The zero-order valence-corrected chi connectivity index (χ0v) is 17.4. The molecule has 0 unspecified atom stereocenters. The molecule has 138 valence electrons. The summed E-state index contributed by atoms with van der Waals surface area (Å²) in [6.07, 6.45) is 1.64. The van der Waals surface area contributed by atoms with Crippen molar-refractivity contribution in [3.8, 4) is 10.8 Å². The van der Waals surface area contributed by atoms with E-state index in [0.717, 1.165) is 22.7 Å². The van der Waals surface area contributed by atoms with Crippen LogP contribution in [0.5, 0.6) is 0 Å². The van der Waals surface area contributed by atoms with E-state index in [1.54, 1.807) is 23.7 Å². The molecule has 0 aliphatic heterocycles. The number of aromatic nitrogens is 1. The number of benzene rings is 1. The van der Waals surface area contributed by atoms with Gasteiger partial charge in [-0.05, 0) is 36.1 Å². The van der Waals surface area contributed by atoms with Gasteiger partial charge in [0.25, 0.3) is 0 Å². The molecule has 0 spiro atoms. The second-order valence-electron chi connectivity index (χ2n) is 5.30. The smallest absolute Gasteiger partial charge is 0.236 e. The molecule has 8 heteroatoms. The zero-order valence-electron chi connectivity index (χ0n) is 14.2. The van der Waals surface area contributed by atoms with Crippen molar-refractivity contribution >= 4 is 41.3 Å². The number of hydrogen-bond donors (Lipinski definition) is 2. The van der Waals surface area contributed by atoms with Crippen LogP contribution in [0.2, 0.25) is 0 Å². The normalized spacial score (nSPS) is 11.1. The molecular formula is C18H20FIN4OS. The summed E-state index contributed by atoms with van der Waals surface area (Å²) in [7, 11) is 0. The van der Waals surface area contributed by atoms with Gasteiger partial charge in [-0.25, -0.2) is 14.4 Å². The van der Waals surface area contributed by atoms with Gasteiger partial charge in [-0.2, -0.15) is 0 Å². The van der Waals surface area contributed by atoms with Crippen molar-refractivity contribution in [3.63, 3.8) is 0 Å². The lowest BCUT2D eigenvalue weighted by Gasteiger charge is -2.10. The number of hydrogen-bond acceptors (Lipinski definition) is 4. The molecule has 3 rings (SSSR count). The van der Waals surface area contributed by atoms with Crippen molar-refractivity contribution in [1.82, 2.24) is 15.6 Å². The molecule has 0 fully saturated rings. The molecule has 0 bridgehead atoms.